The maximum Gasteiger partial charge on any atom is 0.342 e. The van der Waals surface area contributed by atoms with Crippen LogP contribution in [0, 0.1) is 0 Å². The van der Waals surface area contributed by atoms with Crippen LogP contribution >= 0.6 is 0 Å². The Balaban J connectivity index is 1.80. The summed E-state index contributed by atoms with van der Waals surface area (Å²) in [5.74, 6) is 0.952. The van der Waals surface area contributed by atoms with Crippen LogP contribution in [-0.4, -0.2) is 31.8 Å². The fraction of sp³-hybridized carbons (Fsp3) is 0.0769. The van der Waals surface area contributed by atoms with Crippen molar-refractivity contribution >= 4 is 5.82 Å². The third kappa shape index (κ3) is 2.56. The molecule has 1 aromatic carbocycles. The maximum atomic E-state index is 5.47. The molecule has 2 aromatic heterocycles. The van der Waals surface area contributed by atoms with Gasteiger partial charge in [0.1, 0.15) is 12.1 Å². The number of aromatic nitrogens is 5. The van der Waals surface area contributed by atoms with Gasteiger partial charge in [-0.25, -0.2) is 4.68 Å². The molecule has 100 valence electrons. The maximum absolute atomic E-state index is 5.47. The monoisotopic (exact) mass is 268 g/mol. The predicted octanol–water partition coefficient (Wildman–Crippen LogP) is 1.89. The number of hydrogen-bond donors (Lipinski definition) is 1. The third-order valence-electron chi connectivity index (χ3n) is 2.56. The topological polar surface area (TPSA) is 77.8 Å². The van der Waals surface area contributed by atoms with Gasteiger partial charge in [-0.3, -0.25) is 4.98 Å². The smallest absolute Gasteiger partial charge is 0.342 e. The Morgan fingerprint density at radius 2 is 2.00 bits per heavy atom. The predicted molar refractivity (Wildman–Crippen MR) is 73.0 cm³/mol. The van der Waals surface area contributed by atoms with E-state index in [4.69, 9.17) is 4.74 Å². The Morgan fingerprint density at radius 1 is 1.15 bits per heavy atom. The van der Waals surface area contributed by atoms with Gasteiger partial charge in [0.25, 0.3) is 0 Å². The first-order valence-electron chi connectivity index (χ1n) is 6.00. The van der Waals surface area contributed by atoms with Crippen LogP contribution in [-0.2, 0) is 0 Å². The van der Waals surface area contributed by atoms with Gasteiger partial charge < -0.3 is 10.1 Å². The van der Waals surface area contributed by atoms with E-state index in [-0.39, 0.29) is 6.01 Å². The van der Waals surface area contributed by atoms with Gasteiger partial charge in [-0.1, -0.05) is 18.2 Å². The Labute approximate surface area is 115 Å². The average molecular weight is 268 g/mol. The minimum Gasteiger partial charge on any atom is -0.402 e. The molecule has 0 aliphatic rings. The lowest BCUT2D eigenvalue weighted by molar-refractivity contribution is 0.423. The zero-order chi connectivity index (χ0) is 13.8. The van der Waals surface area contributed by atoms with Crippen LogP contribution in [0.1, 0.15) is 0 Å². The molecule has 7 nitrogen and oxygen atoms in total. The van der Waals surface area contributed by atoms with Crippen molar-refractivity contribution in [2.24, 2.45) is 0 Å². The first kappa shape index (κ1) is 12.1. The van der Waals surface area contributed by atoms with Crippen molar-refractivity contribution in [3.05, 3.63) is 49.1 Å². The molecule has 0 aliphatic carbocycles. The van der Waals surface area contributed by atoms with Crippen LogP contribution in [0.15, 0.2) is 49.1 Å². The van der Waals surface area contributed by atoms with Gasteiger partial charge in [0, 0.05) is 7.05 Å². The van der Waals surface area contributed by atoms with Gasteiger partial charge in [-0.2, -0.15) is 9.97 Å². The molecule has 0 saturated carbocycles. The summed E-state index contributed by atoms with van der Waals surface area (Å²) in [5.41, 5.74) is 0.907. The Hall–Kier alpha value is -2.96. The lowest BCUT2D eigenvalue weighted by Gasteiger charge is -2.02. The van der Waals surface area contributed by atoms with E-state index >= 15 is 0 Å². The van der Waals surface area contributed by atoms with Crippen molar-refractivity contribution < 1.29 is 4.74 Å². The molecule has 0 radical (unpaired) electrons. The molecule has 7 heteroatoms. The van der Waals surface area contributed by atoms with Gasteiger partial charge in [0.2, 0.25) is 5.88 Å². The van der Waals surface area contributed by atoms with Gasteiger partial charge in [0.05, 0.1) is 18.1 Å². The van der Waals surface area contributed by atoms with Crippen LogP contribution in [0.25, 0.3) is 5.69 Å². The first-order chi connectivity index (χ1) is 9.85. The highest BCUT2D eigenvalue weighted by Crippen LogP contribution is 2.16. The fourth-order valence-electron chi connectivity index (χ4n) is 1.61. The number of ether oxygens (including phenoxy) is 1. The van der Waals surface area contributed by atoms with Crippen LogP contribution < -0.4 is 10.1 Å². The van der Waals surface area contributed by atoms with Crippen LogP contribution in [0.5, 0.6) is 11.9 Å². The quantitative estimate of drug-likeness (QED) is 0.778. The van der Waals surface area contributed by atoms with E-state index in [2.05, 4.69) is 25.4 Å². The summed E-state index contributed by atoms with van der Waals surface area (Å²) in [4.78, 5) is 12.3. The van der Waals surface area contributed by atoms with E-state index in [1.807, 2.05) is 30.3 Å². The number of nitrogens with zero attached hydrogens (tertiary/aromatic N) is 5. The van der Waals surface area contributed by atoms with Gasteiger partial charge in [-0.15, -0.1) is 5.10 Å². The summed E-state index contributed by atoms with van der Waals surface area (Å²) < 4.78 is 7.10. The number of rotatable bonds is 4. The molecule has 1 N–H and O–H groups in total. The number of benzene rings is 1. The Kier molecular flexibility index (Phi) is 3.24. The highest BCUT2D eigenvalue weighted by Gasteiger charge is 2.06. The number of para-hydroxylation sites is 1. The zero-order valence-electron chi connectivity index (χ0n) is 10.8. The Bertz CT molecular complexity index is 697. The SMILES string of the molecule is CNc1cncc(Oc2ncn(-c3ccccc3)n2)n1. The molecule has 0 bridgehead atoms. The second-order valence-corrected chi connectivity index (χ2v) is 3.90. The summed E-state index contributed by atoms with van der Waals surface area (Å²) in [6.07, 6.45) is 4.69. The van der Waals surface area contributed by atoms with Gasteiger partial charge >= 0.3 is 6.01 Å². The van der Waals surface area contributed by atoms with E-state index in [9.17, 15) is 0 Å². The summed E-state index contributed by atoms with van der Waals surface area (Å²) in [5, 5.41) is 7.11. The van der Waals surface area contributed by atoms with Crippen molar-refractivity contribution in [1.29, 1.82) is 0 Å². The lowest BCUT2D eigenvalue weighted by Crippen LogP contribution is -1.97. The Morgan fingerprint density at radius 3 is 2.80 bits per heavy atom. The summed E-state index contributed by atoms with van der Waals surface area (Å²) in [6, 6.07) is 9.88. The van der Waals surface area contributed by atoms with Crippen LogP contribution in [0.3, 0.4) is 0 Å². The third-order valence-corrected chi connectivity index (χ3v) is 2.56. The summed E-state index contributed by atoms with van der Waals surface area (Å²) in [6.45, 7) is 0. The van der Waals surface area contributed by atoms with Crippen LogP contribution in [0.4, 0.5) is 5.82 Å². The molecule has 2 heterocycles. The molecule has 0 aliphatic heterocycles. The van der Waals surface area contributed by atoms with Crippen molar-refractivity contribution in [2.45, 2.75) is 0 Å². The molecule has 3 aromatic rings. The standard InChI is InChI=1S/C13H12N6O/c1-14-11-7-15-8-12(17-11)20-13-16-9-19(18-13)10-5-3-2-4-6-10/h2-9H,1H3,(H,14,17). The largest absolute Gasteiger partial charge is 0.402 e. The molecule has 0 amide bonds. The number of nitrogens with one attached hydrogen (secondary N) is 1. The highest BCUT2D eigenvalue weighted by atomic mass is 16.5. The summed E-state index contributed by atoms with van der Waals surface area (Å²) in [7, 11) is 1.76. The summed E-state index contributed by atoms with van der Waals surface area (Å²) >= 11 is 0. The normalized spacial score (nSPS) is 10.2. The lowest BCUT2D eigenvalue weighted by atomic mass is 10.3. The van der Waals surface area contributed by atoms with E-state index in [0.29, 0.717) is 11.7 Å². The van der Waals surface area contributed by atoms with E-state index in [1.54, 1.807) is 24.3 Å². The van der Waals surface area contributed by atoms with Crippen molar-refractivity contribution in [3.8, 4) is 17.6 Å². The molecular weight excluding hydrogens is 256 g/mol. The molecule has 0 spiro atoms. The van der Waals surface area contributed by atoms with Gasteiger partial charge in [0.15, 0.2) is 0 Å². The molecule has 0 fully saturated rings. The number of anilines is 1. The van der Waals surface area contributed by atoms with E-state index in [1.165, 1.54) is 6.20 Å². The molecule has 20 heavy (non-hydrogen) atoms. The van der Waals surface area contributed by atoms with Crippen molar-refractivity contribution in [1.82, 2.24) is 24.7 Å². The number of hydrogen-bond acceptors (Lipinski definition) is 6. The fourth-order valence-corrected chi connectivity index (χ4v) is 1.61. The van der Waals surface area contributed by atoms with E-state index < -0.39 is 0 Å². The van der Waals surface area contributed by atoms with Crippen molar-refractivity contribution in [2.75, 3.05) is 12.4 Å². The van der Waals surface area contributed by atoms with Gasteiger partial charge in [-0.05, 0) is 12.1 Å². The molecule has 0 atom stereocenters. The second kappa shape index (κ2) is 5.35. The van der Waals surface area contributed by atoms with Crippen molar-refractivity contribution in [3.63, 3.8) is 0 Å². The minimum atomic E-state index is 0.219. The molecule has 3 rings (SSSR count). The molecule has 0 unspecified atom stereocenters. The highest BCUT2D eigenvalue weighted by molar-refractivity contribution is 5.33. The van der Waals surface area contributed by atoms with Crippen LogP contribution in [0.2, 0.25) is 0 Å². The average Bonchev–Trinajstić information content (AvgIpc) is 2.97. The minimum absolute atomic E-state index is 0.219. The second-order valence-electron chi connectivity index (χ2n) is 3.90. The van der Waals surface area contributed by atoms with E-state index in [0.717, 1.165) is 5.69 Å². The first-order valence-corrected chi connectivity index (χ1v) is 6.00. The molecular formula is C13H12N6O. The molecule has 0 saturated heterocycles. The zero-order valence-corrected chi connectivity index (χ0v) is 10.8.